The van der Waals surface area contributed by atoms with Crippen LogP contribution in [0.2, 0.25) is 0 Å². The van der Waals surface area contributed by atoms with E-state index in [0.717, 1.165) is 28.9 Å². The highest BCUT2D eigenvalue weighted by atomic mass is 32.1. The molecule has 14 heteroatoms. The SMILES string of the molecule is O=C1Nc2ccccc2C(c2ccccc2)=NC1Nc1nnc(-c2nc(C3(C(F)(F)F)CC3)sc2[NH2+]C2CCOC2)o1. The largest absolute Gasteiger partial charge is 0.401 e. The minimum Gasteiger partial charge on any atom is -0.401 e. The molecular weight excluding hydrogens is 571 g/mol. The number of fused-ring (bicyclic) bond motifs is 1. The summed E-state index contributed by atoms with van der Waals surface area (Å²) in [6.45, 7) is 1.07. The first-order valence-corrected chi connectivity index (χ1v) is 14.3. The molecule has 3 aliphatic rings. The van der Waals surface area contributed by atoms with E-state index in [-0.39, 0.29) is 41.5 Å². The van der Waals surface area contributed by atoms with Crippen molar-refractivity contribution >= 4 is 39.7 Å². The van der Waals surface area contributed by atoms with E-state index < -0.39 is 23.7 Å². The normalized spacial score (nSPS) is 21.3. The van der Waals surface area contributed by atoms with Gasteiger partial charge in [-0.2, -0.15) is 13.2 Å². The number of nitrogens with two attached hydrogens (primary N) is 1. The highest BCUT2D eigenvalue weighted by Gasteiger charge is 2.66. The van der Waals surface area contributed by atoms with E-state index in [0.29, 0.717) is 29.6 Å². The third kappa shape index (κ3) is 4.84. The van der Waals surface area contributed by atoms with Crippen LogP contribution in [0.1, 0.15) is 35.4 Å². The minimum absolute atomic E-state index is 0.00694. The molecule has 7 rings (SSSR count). The Morgan fingerprint density at radius 3 is 2.60 bits per heavy atom. The van der Waals surface area contributed by atoms with Gasteiger partial charge < -0.3 is 19.8 Å². The van der Waals surface area contributed by atoms with Crippen LogP contribution in [0.4, 0.5) is 29.9 Å². The van der Waals surface area contributed by atoms with Gasteiger partial charge in [-0.25, -0.2) is 9.98 Å². The zero-order valence-electron chi connectivity index (χ0n) is 22.0. The maximum absolute atomic E-state index is 13.9. The van der Waals surface area contributed by atoms with Crippen molar-refractivity contribution in [3.05, 3.63) is 70.7 Å². The van der Waals surface area contributed by atoms with Crippen LogP contribution >= 0.6 is 11.3 Å². The summed E-state index contributed by atoms with van der Waals surface area (Å²) in [5.74, 6) is -0.493. The number of rotatable bonds is 7. The fraction of sp³-hybridized carbons (Fsp3) is 0.321. The lowest BCUT2D eigenvalue weighted by Gasteiger charge is -2.15. The topological polar surface area (TPSA) is 131 Å². The molecule has 1 aliphatic carbocycles. The number of benzene rings is 2. The van der Waals surface area contributed by atoms with E-state index in [9.17, 15) is 18.0 Å². The number of para-hydroxylation sites is 1. The van der Waals surface area contributed by atoms with Crippen LogP contribution in [0.25, 0.3) is 11.6 Å². The number of alkyl halides is 3. The lowest BCUT2D eigenvalue weighted by molar-refractivity contribution is -0.604. The van der Waals surface area contributed by atoms with Gasteiger partial charge in [0, 0.05) is 17.5 Å². The molecule has 0 spiro atoms. The van der Waals surface area contributed by atoms with Gasteiger partial charge >= 0.3 is 12.2 Å². The van der Waals surface area contributed by atoms with Gasteiger partial charge in [-0.05, 0) is 18.9 Å². The Morgan fingerprint density at radius 1 is 1.07 bits per heavy atom. The number of carbonyl (C=O) groups is 1. The van der Waals surface area contributed by atoms with Gasteiger partial charge in [0.1, 0.15) is 16.5 Å². The first-order valence-electron chi connectivity index (χ1n) is 13.5. The monoisotopic (exact) mass is 596 g/mol. The Hall–Kier alpha value is -4.14. The standard InChI is InChI=1S/C28H24F3N7O3S/c29-28(30,31)27(11-12-27)25-35-20(24(42-25)32-16-10-13-40-14-16)23-37-38-26(41-23)36-21-22(39)33-18-9-5-4-8-17(18)19(34-21)15-6-2-1-3-7-15/h1-9,16,21,32H,10-14H2,(H,33,39)(H,36,38)/p+1. The fourth-order valence-electron chi connectivity index (χ4n) is 5.12. The highest BCUT2D eigenvalue weighted by molar-refractivity contribution is 7.15. The second-order valence-corrected chi connectivity index (χ2v) is 11.5. The second-order valence-electron chi connectivity index (χ2n) is 10.4. The van der Waals surface area contributed by atoms with Crippen molar-refractivity contribution in [2.24, 2.45) is 4.99 Å². The molecule has 2 fully saturated rings. The Bertz CT molecular complexity index is 1660. The van der Waals surface area contributed by atoms with Crippen molar-refractivity contribution in [1.29, 1.82) is 0 Å². The van der Waals surface area contributed by atoms with Crippen LogP contribution in [-0.2, 0) is 14.9 Å². The maximum atomic E-state index is 13.9. The Morgan fingerprint density at radius 2 is 1.86 bits per heavy atom. The molecule has 2 atom stereocenters. The summed E-state index contributed by atoms with van der Waals surface area (Å²) in [6.07, 6.45) is -4.79. The van der Waals surface area contributed by atoms with Gasteiger partial charge in [0.05, 0.1) is 24.6 Å². The van der Waals surface area contributed by atoms with Crippen LogP contribution in [0.15, 0.2) is 64.0 Å². The summed E-state index contributed by atoms with van der Waals surface area (Å²) in [5.41, 5.74) is 0.987. The predicted octanol–water partition coefficient (Wildman–Crippen LogP) is 4.00. The molecule has 2 aromatic carbocycles. The summed E-state index contributed by atoms with van der Waals surface area (Å²) in [6, 6.07) is 16.7. The maximum Gasteiger partial charge on any atom is 0.400 e. The van der Waals surface area contributed by atoms with Crippen LogP contribution in [0.3, 0.4) is 0 Å². The number of hydrogen-bond acceptors (Lipinski definition) is 9. The molecule has 4 N–H and O–H groups in total. The molecule has 2 aliphatic heterocycles. The zero-order valence-corrected chi connectivity index (χ0v) is 22.8. The lowest BCUT2D eigenvalue weighted by Crippen LogP contribution is -2.84. The predicted molar refractivity (Wildman–Crippen MR) is 148 cm³/mol. The quantitative estimate of drug-likeness (QED) is 0.294. The number of amides is 1. The van der Waals surface area contributed by atoms with Crippen LogP contribution in [0, 0.1) is 0 Å². The van der Waals surface area contributed by atoms with Gasteiger partial charge in [-0.3, -0.25) is 10.1 Å². The fourth-order valence-corrected chi connectivity index (χ4v) is 6.47. The van der Waals surface area contributed by atoms with Gasteiger partial charge in [0.25, 0.3) is 11.8 Å². The summed E-state index contributed by atoms with van der Waals surface area (Å²) in [7, 11) is 0. The molecule has 4 heterocycles. The van der Waals surface area contributed by atoms with Crippen molar-refractivity contribution in [3.8, 4) is 11.6 Å². The molecule has 1 amide bonds. The van der Waals surface area contributed by atoms with E-state index >= 15 is 0 Å². The molecule has 0 bridgehead atoms. The third-order valence-corrected chi connectivity index (χ3v) is 8.81. The number of ether oxygens (including phenoxy) is 1. The van der Waals surface area contributed by atoms with Crippen molar-refractivity contribution in [1.82, 2.24) is 15.2 Å². The molecule has 0 radical (unpaired) electrons. The molecule has 216 valence electrons. The number of nitrogens with one attached hydrogen (secondary N) is 2. The van der Waals surface area contributed by atoms with Crippen LogP contribution in [-0.4, -0.2) is 58.4 Å². The molecule has 4 aromatic rings. The number of anilines is 2. The molecular formula is C28H25F3N7O3S+. The average Bonchev–Trinajstić information content (AvgIpc) is 3.27. The molecule has 1 saturated carbocycles. The highest BCUT2D eigenvalue weighted by Crippen LogP contribution is 2.60. The second kappa shape index (κ2) is 10.3. The van der Waals surface area contributed by atoms with E-state index in [4.69, 9.17) is 14.1 Å². The number of hydrogen-bond donors (Lipinski definition) is 3. The third-order valence-electron chi connectivity index (χ3n) is 7.59. The number of carbonyl (C=O) groups excluding carboxylic acids is 1. The molecule has 2 unspecified atom stereocenters. The van der Waals surface area contributed by atoms with Gasteiger partial charge in [-0.15, -0.1) is 5.10 Å². The number of benzodiazepines with no additional fused rings is 1. The number of quaternary nitrogens is 1. The number of thiazole rings is 1. The first-order chi connectivity index (χ1) is 20.3. The lowest BCUT2D eigenvalue weighted by atomic mass is 10.0. The molecule has 1 saturated heterocycles. The van der Waals surface area contributed by atoms with Gasteiger partial charge in [0.15, 0.2) is 0 Å². The number of aromatic nitrogens is 3. The van der Waals surface area contributed by atoms with Gasteiger partial charge in [-0.1, -0.05) is 65.0 Å². The summed E-state index contributed by atoms with van der Waals surface area (Å²) in [5, 5.41) is 16.3. The minimum atomic E-state index is -4.41. The van der Waals surface area contributed by atoms with Crippen LogP contribution in [0.5, 0.6) is 0 Å². The van der Waals surface area contributed by atoms with Crippen molar-refractivity contribution in [2.75, 3.05) is 23.8 Å². The van der Waals surface area contributed by atoms with E-state index in [1.54, 1.807) is 6.07 Å². The van der Waals surface area contributed by atoms with E-state index in [2.05, 4.69) is 25.8 Å². The van der Waals surface area contributed by atoms with Crippen molar-refractivity contribution in [3.63, 3.8) is 0 Å². The Kier molecular flexibility index (Phi) is 6.55. The molecule has 10 nitrogen and oxygen atoms in total. The molecule has 42 heavy (non-hydrogen) atoms. The van der Waals surface area contributed by atoms with E-state index in [1.165, 1.54) is 0 Å². The summed E-state index contributed by atoms with van der Waals surface area (Å²) in [4.78, 5) is 22.3. The smallest absolute Gasteiger partial charge is 0.400 e. The van der Waals surface area contributed by atoms with E-state index in [1.807, 2.05) is 53.8 Å². The van der Waals surface area contributed by atoms with Crippen LogP contribution < -0.4 is 16.0 Å². The molecule has 2 aromatic heterocycles. The van der Waals surface area contributed by atoms with Crippen molar-refractivity contribution in [2.45, 2.75) is 43.1 Å². The number of nitrogens with zero attached hydrogens (tertiary/aromatic N) is 4. The number of aliphatic imine (C=N–C) groups is 1. The summed E-state index contributed by atoms with van der Waals surface area (Å²) >= 11 is 1.00. The van der Waals surface area contributed by atoms with Gasteiger partial charge in [0.2, 0.25) is 16.9 Å². The van der Waals surface area contributed by atoms with Crippen molar-refractivity contribution < 1.29 is 32.4 Å². The average molecular weight is 597 g/mol. The zero-order chi connectivity index (χ0) is 28.9. The Balaban J connectivity index is 1.21. The first kappa shape index (κ1) is 26.7. The summed E-state index contributed by atoms with van der Waals surface area (Å²) < 4.78 is 53.1. The Labute approximate surface area is 241 Å². The number of halogens is 3.